The van der Waals surface area contributed by atoms with Crippen molar-refractivity contribution in [3.05, 3.63) is 186 Å². The van der Waals surface area contributed by atoms with E-state index < -0.39 is 0 Å². The molecule has 1 aromatic heterocycles. The Balaban J connectivity index is 1.15. The van der Waals surface area contributed by atoms with Gasteiger partial charge in [0.15, 0.2) is 12.9 Å². The monoisotopic (exact) mass is 883 g/mol. The fourth-order valence-electron chi connectivity index (χ4n) is 11.9. The molecular formula is C64H60BN2O. The summed E-state index contributed by atoms with van der Waals surface area (Å²) in [5.74, 6) is 0. The summed E-state index contributed by atoms with van der Waals surface area (Å²) in [6.45, 7) is 19.5. The maximum absolute atomic E-state index is 7.17. The summed E-state index contributed by atoms with van der Waals surface area (Å²) in [5.41, 5.74) is 22.8. The third-order valence-corrected chi connectivity index (χ3v) is 16.2. The number of hydrogen-bond donors (Lipinski definition) is 1. The second kappa shape index (κ2) is 15.4. The van der Waals surface area contributed by atoms with Gasteiger partial charge >= 0.3 is 0 Å². The van der Waals surface area contributed by atoms with Crippen LogP contribution in [0.1, 0.15) is 103 Å². The molecule has 1 radical (unpaired) electrons. The van der Waals surface area contributed by atoms with Crippen molar-refractivity contribution >= 4 is 68.6 Å². The van der Waals surface area contributed by atoms with Crippen LogP contribution >= 0.6 is 0 Å². The molecule has 2 aliphatic carbocycles. The molecule has 335 valence electrons. The topological polar surface area (TPSA) is 28.4 Å². The number of rotatable bonds is 6. The fraction of sp³-hybridized carbons (Fsp3) is 0.250. The number of nitrogens with one attached hydrogen (secondary N) is 1. The van der Waals surface area contributed by atoms with E-state index in [1.165, 1.54) is 67.8 Å². The molecular weight excluding hydrogens is 824 g/mol. The van der Waals surface area contributed by atoms with Crippen LogP contribution in [-0.4, -0.2) is 7.28 Å². The van der Waals surface area contributed by atoms with Gasteiger partial charge in [-0.2, -0.15) is 0 Å². The molecule has 8 aromatic carbocycles. The summed E-state index contributed by atoms with van der Waals surface area (Å²) in [6.07, 6.45) is 4.62. The van der Waals surface area contributed by atoms with Crippen LogP contribution in [0.5, 0.6) is 0 Å². The summed E-state index contributed by atoms with van der Waals surface area (Å²) in [6, 6.07) is 60.7. The predicted molar refractivity (Wildman–Crippen MR) is 290 cm³/mol. The maximum atomic E-state index is 7.17. The van der Waals surface area contributed by atoms with Crippen molar-refractivity contribution in [2.75, 3.05) is 10.2 Å². The fourth-order valence-corrected chi connectivity index (χ4v) is 11.9. The lowest BCUT2D eigenvalue weighted by Crippen LogP contribution is -2.44. The lowest BCUT2D eigenvalue weighted by Gasteiger charge is -2.45. The van der Waals surface area contributed by atoms with Crippen molar-refractivity contribution in [1.29, 1.82) is 0 Å². The minimum Gasteiger partial charge on any atom is -0.454 e. The highest BCUT2D eigenvalue weighted by molar-refractivity contribution is 6.74. The number of furan rings is 1. The molecule has 9 aromatic rings. The molecule has 3 nitrogen and oxygen atoms in total. The number of para-hydroxylation sites is 1. The summed E-state index contributed by atoms with van der Waals surface area (Å²) < 4.78 is 7.17. The zero-order valence-corrected chi connectivity index (χ0v) is 40.8. The van der Waals surface area contributed by atoms with Gasteiger partial charge in [0.1, 0.15) is 5.58 Å². The van der Waals surface area contributed by atoms with Crippen LogP contribution in [0.15, 0.2) is 168 Å². The van der Waals surface area contributed by atoms with E-state index in [4.69, 9.17) is 4.42 Å². The number of hydrogen-bond acceptors (Lipinski definition) is 3. The van der Waals surface area contributed by atoms with Crippen LogP contribution in [0.3, 0.4) is 0 Å². The van der Waals surface area contributed by atoms with E-state index in [-0.39, 0.29) is 21.7 Å². The van der Waals surface area contributed by atoms with Gasteiger partial charge in [0.2, 0.25) is 0 Å². The van der Waals surface area contributed by atoms with Crippen LogP contribution in [-0.2, 0) is 21.7 Å². The second-order valence-electron chi connectivity index (χ2n) is 22.6. The molecule has 3 aliphatic rings. The van der Waals surface area contributed by atoms with Crippen LogP contribution in [0.25, 0.3) is 55.3 Å². The Morgan fingerprint density at radius 3 is 1.71 bits per heavy atom. The Labute approximate surface area is 403 Å². The minimum absolute atomic E-state index is 0.0297. The highest BCUT2D eigenvalue weighted by atomic mass is 16.3. The third kappa shape index (κ3) is 6.93. The average Bonchev–Trinajstić information content (AvgIpc) is 3.72. The quantitative estimate of drug-likeness (QED) is 0.169. The van der Waals surface area contributed by atoms with E-state index in [0.29, 0.717) is 0 Å². The van der Waals surface area contributed by atoms with Gasteiger partial charge in [0.25, 0.3) is 0 Å². The van der Waals surface area contributed by atoms with Gasteiger partial charge in [0.05, 0.1) is 5.69 Å². The normalized spacial score (nSPS) is 17.1. The largest absolute Gasteiger partial charge is 0.454 e. The van der Waals surface area contributed by atoms with Gasteiger partial charge in [-0.05, 0) is 157 Å². The second-order valence-corrected chi connectivity index (χ2v) is 22.6. The van der Waals surface area contributed by atoms with Crippen molar-refractivity contribution in [2.45, 2.75) is 103 Å². The number of nitrogens with zero attached hydrogens (tertiary/aromatic N) is 1. The Morgan fingerprint density at radius 2 is 1.03 bits per heavy atom. The Bertz CT molecular complexity index is 3450. The van der Waals surface area contributed by atoms with Crippen molar-refractivity contribution in [3.63, 3.8) is 0 Å². The van der Waals surface area contributed by atoms with E-state index in [1.54, 1.807) is 0 Å². The minimum atomic E-state index is 0.0297. The molecule has 0 saturated carbocycles. The Kier molecular flexibility index (Phi) is 9.62. The van der Waals surface area contributed by atoms with Crippen molar-refractivity contribution < 1.29 is 4.42 Å². The summed E-state index contributed by atoms with van der Waals surface area (Å²) in [5, 5.41) is 6.16. The van der Waals surface area contributed by atoms with Gasteiger partial charge in [0, 0.05) is 39.1 Å². The third-order valence-electron chi connectivity index (χ3n) is 16.2. The first kappa shape index (κ1) is 42.6. The summed E-state index contributed by atoms with van der Waals surface area (Å²) >= 11 is 0. The number of fused-ring (bicyclic) bond motifs is 8. The Hall–Kier alpha value is -6.78. The molecule has 2 heterocycles. The van der Waals surface area contributed by atoms with E-state index in [0.717, 1.165) is 74.9 Å². The zero-order valence-electron chi connectivity index (χ0n) is 40.8. The van der Waals surface area contributed by atoms with E-state index in [1.807, 2.05) is 0 Å². The zero-order chi connectivity index (χ0) is 46.7. The first-order chi connectivity index (χ1) is 32.6. The van der Waals surface area contributed by atoms with Gasteiger partial charge < -0.3 is 14.6 Å². The molecule has 0 bridgehead atoms. The highest BCUT2D eigenvalue weighted by Gasteiger charge is 2.42. The van der Waals surface area contributed by atoms with Gasteiger partial charge in [-0.3, -0.25) is 0 Å². The molecule has 1 N–H and O–H groups in total. The Morgan fingerprint density at radius 1 is 0.471 bits per heavy atom. The van der Waals surface area contributed by atoms with E-state index in [2.05, 4.69) is 237 Å². The first-order valence-corrected chi connectivity index (χ1v) is 24.7. The summed E-state index contributed by atoms with van der Waals surface area (Å²) in [4.78, 5) is 2.59. The highest BCUT2D eigenvalue weighted by Crippen LogP contribution is 2.53. The van der Waals surface area contributed by atoms with E-state index in [9.17, 15) is 0 Å². The molecule has 0 unspecified atom stereocenters. The SMILES string of the molecule is CC1(C)CCC(C)(C)c2cc(N3c4cc5c(cc4[B]c4c(-c6cc(-c7ccccc7)ccc6Nc6ccc(-c7ccccc7)cc6)cc6c(oc7ccccc76)c43)C(C)(C)CCC5(C)C)ccc21. The molecule has 1 aliphatic heterocycles. The molecule has 68 heavy (non-hydrogen) atoms. The first-order valence-electron chi connectivity index (χ1n) is 24.7. The van der Waals surface area contributed by atoms with Gasteiger partial charge in [-0.1, -0.05) is 170 Å². The molecule has 12 rings (SSSR count). The van der Waals surface area contributed by atoms with Crippen LogP contribution in [0.2, 0.25) is 0 Å². The van der Waals surface area contributed by atoms with Crippen LogP contribution < -0.4 is 21.1 Å². The number of benzene rings is 8. The van der Waals surface area contributed by atoms with Crippen molar-refractivity contribution in [2.24, 2.45) is 0 Å². The standard InChI is InChI=1S/C64H60BN2O/c1-61(2)31-32-62(3,4)51-36-45(28-29-50(51)61)67-56-39-53-52(63(5,6)33-34-64(53,7)8)38-54(56)65-58-48(37-49-46-21-15-16-22-57(46)68-60(49)59(58)67)47-35-43(41-19-13-10-14-20-41)25-30-55(47)66-44-26-23-42(24-27-44)40-17-11-9-12-18-40/h9-30,35-39,66H,31-34H2,1-8H3. The molecule has 0 saturated heterocycles. The van der Waals surface area contributed by atoms with Gasteiger partial charge in [-0.25, -0.2) is 0 Å². The smallest absolute Gasteiger partial charge is 0.198 e. The molecule has 0 fully saturated rings. The van der Waals surface area contributed by atoms with Crippen molar-refractivity contribution in [1.82, 2.24) is 0 Å². The average molecular weight is 884 g/mol. The summed E-state index contributed by atoms with van der Waals surface area (Å²) in [7, 11) is 2.49. The van der Waals surface area contributed by atoms with Crippen molar-refractivity contribution in [3.8, 4) is 33.4 Å². The lowest BCUT2D eigenvalue weighted by molar-refractivity contribution is 0.332. The molecule has 0 spiro atoms. The molecule has 0 amide bonds. The van der Waals surface area contributed by atoms with Gasteiger partial charge in [-0.15, -0.1) is 0 Å². The molecule has 4 heteroatoms. The lowest BCUT2D eigenvalue weighted by atomic mass is 9.55. The number of anilines is 5. The predicted octanol–water partition coefficient (Wildman–Crippen LogP) is 16.5. The van der Waals surface area contributed by atoms with E-state index >= 15 is 0 Å². The molecule has 0 atom stereocenters. The van der Waals surface area contributed by atoms with Crippen LogP contribution in [0.4, 0.5) is 28.4 Å². The van der Waals surface area contributed by atoms with Crippen LogP contribution in [0, 0.1) is 0 Å². The maximum Gasteiger partial charge on any atom is 0.198 e.